The molecule has 2 aromatic carbocycles. The second kappa shape index (κ2) is 8.77. The molecule has 1 aliphatic rings. The summed E-state index contributed by atoms with van der Waals surface area (Å²) in [6.07, 6.45) is -3.28. The highest BCUT2D eigenvalue weighted by Gasteiger charge is 2.45. The summed E-state index contributed by atoms with van der Waals surface area (Å²) in [6, 6.07) is 13.2. The van der Waals surface area contributed by atoms with Crippen LogP contribution in [0.4, 0.5) is 13.2 Å². The van der Waals surface area contributed by atoms with E-state index in [-0.39, 0.29) is 27.9 Å². The highest BCUT2D eigenvalue weighted by Crippen LogP contribution is 2.45. The largest absolute Gasteiger partial charge is 0.487 e. The first-order chi connectivity index (χ1) is 16.5. The number of benzene rings is 2. The lowest BCUT2D eigenvalue weighted by Crippen LogP contribution is -2.18. The van der Waals surface area contributed by atoms with Crippen LogP contribution in [0, 0.1) is 0 Å². The third-order valence-corrected chi connectivity index (χ3v) is 7.76. The quantitative estimate of drug-likeness (QED) is 0.287. The van der Waals surface area contributed by atoms with Crippen molar-refractivity contribution in [3.8, 4) is 16.3 Å². The number of aliphatic imine (C=N–C) groups is 1. The van der Waals surface area contributed by atoms with Gasteiger partial charge in [0.15, 0.2) is 10.5 Å². The summed E-state index contributed by atoms with van der Waals surface area (Å²) in [4.78, 5) is 22.6. The van der Waals surface area contributed by atoms with Crippen LogP contribution < -0.4 is 4.74 Å². The molecule has 0 amide bonds. The van der Waals surface area contributed by atoms with Gasteiger partial charge in [0.1, 0.15) is 17.4 Å². The van der Waals surface area contributed by atoms with Gasteiger partial charge in [0.25, 0.3) is 0 Å². The number of rotatable bonds is 8. The molecule has 4 aromatic rings. The van der Waals surface area contributed by atoms with Crippen LogP contribution in [0.1, 0.15) is 15.4 Å². The van der Waals surface area contributed by atoms with E-state index in [0.29, 0.717) is 0 Å². The zero-order valence-electron chi connectivity index (χ0n) is 17.5. The van der Waals surface area contributed by atoms with Gasteiger partial charge in [0.05, 0.1) is 12.2 Å². The number of hydrogen-bond donors (Lipinski definition) is 2. The molecule has 2 N–H and O–H groups in total. The van der Waals surface area contributed by atoms with Gasteiger partial charge < -0.3 is 14.5 Å². The lowest BCUT2D eigenvalue weighted by molar-refractivity contribution is -0.139. The molecule has 5 rings (SSSR count). The van der Waals surface area contributed by atoms with E-state index in [1.807, 2.05) is 30.3 Å². The van der Waals surface area contributed by atoms with Crippen LogP contribution in [0.3, 0.4) is 0 Å². The molecule has 0 fully saturated rings. The molecule has 0 radical (unpaired) electrons. The van der Waals surface area contributed by atoms with Crippen molar-refractivity contribution in [2.24, 2.45) is 4.99 Å². The summed E-state index contributed by atoms with van der Waals surface area (Å²) in [7, 11) is -4.72. The number of phosphoric ester groups is 1. The van der Waals surface area contributed by atoms with Gasteiger partial charge in [-0.2, -0.15) is 13.2 Å². The number of fused-ring (bicyclic) bond motifs is 1. The zero-order chi connectivity index (χ0) is 24.8. The van der Waals surface area contributed by atoms with Crippen LogP contribution in [-0.2, 0) is 27.4 Å². The first kappa shape index (κ1) is 24.0. The van der Waals surface area contributed by atoms with E-state index in [4.69, 9.17) is 14.5 Å². The summed E-state index contributed by atoms with van der Waals surface area (Å²) < 4.78 is 63.6. The lowest BCUT2D eigenvalue weighted by Gasteiger charge is -2.14. The van der Waals surface area contributed by atoms with Gasteiger partial charge in [-0.15, -0.1) is 21.5 Å². The summed E-state index contributed by atoms with van der Waals surface area (Å²) >= 11 is 2.41. The molecule has 0 spiro atoms. The van der Waals surface area contributed by atoms with Crippen molar-refractivity contribution in [2.75, 3.05) is 6.61 Å². The molecule has 2 aromatic heterocycles. The van der Waals surface area contributed by atoms with E-state index in [1.54, 1.807) is 0 Å². The van der Waals surface area contributed by atoms with Gasteiger partial charge in [0.2, 0.25) is 0 Å². The Morgan fingerprint density at radius 1 is 1.06 bits per heavy atom. The number of nitrogens with zero attached hydrogens (tertiary/aromatic N) is 3. The maximum atomic E-state index is 13.8. The van der Waals surface area contributed by atoms with Crippen LogP contribution >= 0.6 is 30.5 Å². The molecule has 0 bridgehead atoms. The summed E-state index contributed by atoms with van der Waals surface area (Å²) in [5, 5.41) is 9.31. The van der Waals surface area contributed by atoms with E-state index in [2.05, 4.69) is 19.7 Å². The van der Waals surface area contributed by atoms with Crippen molar-refractivity contribution in [3.63, 3.8) is 0 Å². The van der Waals surface area contributed by atoms with Gasteiger partial charge in [-0.05, 0) is 35.7 Å². The van der Waals surface area contributed by atoms with Gasteiger partial charge >= 0.3 is 14.0 Å². The van der Waals surface area contributed by atoms with Gasteiger partial charge in [-0.1, -0.05) is 29.5 Å². The molecule has 182 valence electrons. The molecule has 0 saturated heterocycles. The van der Waals surface area contributed by atoms with Crippen molar-refractivity contribution >= 4 is 46.8 Å². The number of alkyl halides is 3. The van der Waals surface area contributed by atoms with Crippen molar-refractivity contribution in [2.45, 2.75) is 18.3 Å². The Bertz CT molecular complexity index is 1440. The number of thiophene rings is 1. The van der Waals surface area contributed by atoms with Crippen LogP contribution in [-0.4, -0.2) is 32.8 Å². The average Bonchev–Trinajstić information content (AvgIpc) is 3.23. The molecular formula is C21H15F3N3O5PS2. The standard InChI is InChI=1S/C21H15F3N3O5PS2/c22-21(23,24)15-8-13(18-26-27-19(35-18)20(10-25-20)11-32-33(28,29)30)5-6-16(15)31-9-14-7-12-3-1-2-4-17(12)34-14/h1-8,10H,9,11H2,(H2,28,29,30)/t20-/m0/s1. The predicted molar refractivity (Wildman–Crippen MR) is 125 cm³/mol. The van der Waals surface area contributed by atoms with E-state index in [0.717, 1.165) is 32.4 Å². The maximum absolute atomic E-state index is 13.8. The molecule has 14 heteroatoms. The molecule has 35 heavy (non-hydrogen) atoms. The van der Waals surface area contributed by atoms with Crippen molar-refractivity contribution in [1.29, 1.82) is 0 Å². The third-order valence-electron chi connectivity index (χ3n) is 5.07. The normalized spacial score (nSPS) is 17.7. The first-order valence-corrected chi connectivity index (χ1v) is 13.1. The van der Waals surface area contributed by atoms with Crippen LogP contribution in [0.15, 0.2) is 53.5 Å². The topological polar surface area (TPSA) is 114 Å². The van der Waals surface area contributed by atoms with Crippen molar-refractivity contribution in [3.05, 3.63) is 64.0 Å². The minimum atomic E-state index is -4.72. The molecule has 1 aliphatic heterocycles. The van der Waals surface area contributed by atoms with Crippen molar-refractivity contribution in [1.82, 2.24) is 10.2 Å². The summed E-state index contributed by atoms with van der Waals surface area (Å²) in [6.45, 7) is -0.464. The first-order valence-electron chi connectivity index (χ1n) is 9.95. The Morgan fingerprint density at radius 3 is 2.51 bits per heavy atom. The number of aromatic nitrogens is 2. The van der Waals surface area contributed by atoms with E-state index in [9.17, 15) is 17.7 Å². The Labute approximate surface area is 203 Å². The summed E-state index contributed by atoms with van der Waals surface area (Å²) in [5.41, 5.74) is -1.95. The Hall–Kier alpha value is -2.67. The highest BCUT2D eigenvalue weighted by atomic mass is 32.1. The number of hydrogen-bond acceptors (Lipinski definition) is 8. The maximum Gasteiger partial charge on any atom is 0.469 e. The smallest absolute Gasteiger partial charge is 0.469 e. The van der Waals surface area contributed by atoms with Crippen molar-refractivity contribution < 1.29 is 36.8 Å². The fourth-order valence-corrected chi connectivity index (χ4v) is 5.56. The molecule has 0 unspecified atom stereocenters. The molecule has 3 heterocycles. The number of halogens is 3. The van der Waals surface area contributed by atoms with Gasteiger partial charge in [0, 0.05) is 21.4 Å². The van der Waals surface area contributed by atoms with Gasteiger partial charge in [-0.3, -0.25) is 9.52 Å². The third kappa shape index (κ3) is 5.30. The van der Waals surface area contributed by atoms with E-state index < -0.39 is 31.7 Å². The zero-order valence-corrected chi connectivity index (χ0v) is 20.0. The van der Waals surface area contributed by atoms with E-state index in [1.165, 1.54) is 29.7 Å². The molecule has 8 nitrogen and oxygen atoms in total. The van der Waals surface area contributed by atoms with Crippen LogP contribution in [0.2, 0.25) is 0 Å². The van der Waals surface area contributed by atoms with Crippen LogP contribution in [0.5, 0.6) is 5.75 Å². The molecule has 0 aliphatic carbocycles. The molecular weight excluding hydrogens is 526 g/mol. The SMILES string of the molecule is O=P(O)(O)OC[C@]1(c2nnc(-c3ccc(OCc4cc5ccccc5s4)c(C(F)(F)F)c3)s2)C=N1. The Balaban J connectivity index is 1.37. The monoisotopic (exact) mass is 541 g/mol. The second-order valence-electron chi connectivity index (χ2n) is 7.61. The summed E-state index contributed by atoms with van der Waals surface area (Å²) in [5.74, 6) is -0.305. The fraction of sp³-hybridized carbons (Fsp3) is 0.190. The minimum Gasteiger partial charge on any atom is -0.487 e. The van der Waals surface area contributed by atoms with Gasteiger partial charge in [-0.25, -0.2) is 4.57 Å². The van der Waals surface area contributed by atoms with E-state index >= 15 is 0 Å². The minimum absolute atomic E-state index is 0.00976. The highest BCUT2D eigenvalue weighted by molar-refractivity contribution is 7.46. The number of phosphoric acid groups is 1. The molecule has 0 saturated carbocycles. The number of ether oxygens (including phenoxy) is 1. The predicted octanol–water partition coefficient (Wildman–Crippen LogP) is 5.41. The fourth-order valence-electron chi connectivity index (χ4n) is 3.29. The lowest BCUT2D eigenvalue weighted by atomic mass is 10.1. The second-order valence-corrected chi connectivity index (χ2v) is 11.0. The van der Waals surface area contributed by atoms with Crippen LogP contribution in [0.25, 0.3) is 20.7 Å². The Kier molecular flexibility index (Phi) is 6.02. The molecule has 1 atom stereocenters. The average molecular weight is 541 g/mol. The Morgan fingerprint density at radius 2 is 1.83 bits per heavy atom.